The molecule has 1 heterocycles. The zero-order valence-corrected chi connectivity index (χ0v) is 10.4. The Labute approximate surface area is 108 Å². The van der Waals surface area contributed by atoms with Gasteiger partial charge in [0.25, 0.3) is 0 Å². The van der Waals surface area contributed by atoms with Gasteiger partial charge in [-0.15, -0.1) is 0 Å². The van der Waals surface area contributed by atoms with Crippen LogP contribution in [0, 0.1) is 18.6 Å². The van der Waals surface area contributed by atoms with Crippen LogP contribution in [0.1, 0.15) is 22.8 Å². The Kier molecular flexibility index (Phi) is 3.33. The maximum absolute atomic E-state index is 13.9. The van der Waals surface area contributed by atoms with Crippen molar-refractivity contribution in [1.29, 1.82) is 0 Å². The van der Waals surface area contributed by atoms with Crippen molar-refractivity contribution < 1.29 is 18.7 Å². The summed E-state index contributed by atoms with van der Waals surface area (Å²) in [6.45, 7) is 3.65. The number of benzene rings is 1. The summed E-state index contributed by atoms with van der Waals surface area (Å²) < 4.78 is 28.8. The average molecular weight is 266 g/mol. The SMILES string of the molecule is CCn1cc(C(=O)O)c(-c2cc(F)c(C)cc2F)n1. The molecule has 0 saturated heterocycles. The van der Waals surface area contributed by atoms with Gasteiger partial charge < -0.3 is 5.11 Å². The second kappa shape index (κ2) is 4.79. The number of hydrogen-bond acceptors (Lipinski definition) is 2. The van der Waals surface area contributed by atoms with Crippen LogP contribution in [-0.2, 0) is 6.54 Å². The Bertz CT molecular complexity index is 650. The highest BCUT2D eigenvalue weighted by molar-refractivity contribution is 5.94. The van der Waals surface area contributed by atoms with Crippen LogP contribution in [0.15, 0.2) is 18.3 Å². The predicted molar refractivity (Wildman–Crippen MR) is 64.9 cm³/mol. The summed E-state index contributed by atoms with van der Waals surface area (Å²) in [6, 6.07) is 2.00. The molecule has 0 aliphatic carbocycles. The van der Waals surface area contributed by atoms with Crippen molar-refractivity contribution in [2.24, 2.45) is 0 Å². The van der Waals surface area contributed by atoms with Crippen molar-refractivity contribution in [3.05, 3.63) is 41.1 Å². The first-order valence-electron chi connectivity index (χ1n) is 5.70. The molecule has 19 heavy (non-hydrogen) atoms. The summed E-state index contributed by atoms with van der Waals surface area (Å²) in [5.41, 5.74) is -0.199. The second-order valence-corrected chi connectivity index (χ2v) is 4.13. The zero-order chi connectivity index (χ0) is 14.2. The average Bonchev–Trinajstić information content (AvgIpc) is 2.78. The summed E-state index contributed by atoms with van der Waals surface area (Å²) in [7, 11) is 0. The van der Waals surface area contributed by atoms with Crippen LogP contribution in [0.2, 0.25) is 0 Å². The molecule has 2 rings (SSSR count). The molecule has 0 unspecified atom stereocenters. The van der Waals surface area contributed by atoms with E-state index in [0.29, 0.717) is 6.54 Å². The molecular weight excluding hydrogens is 254 g/mol. The van der Waals surface area contributed by atoms with Crippen molar-refractivity contribution in [3.8, 4) is 11.3 Å². The molecule has 0 aliphatic rings. The summed E-state index contributed by atoms with van der Waals surface area (Å²) in [6.07, 6.45) is 1.30. The molecule has 2 aromatic rings. The minimum Gasteiger partial charge on any atom is -0.478 e. The minimum atomic E-state index is -1.23. The molecule has 1 aromatic carbocycles. The van der Waals surface area contributed by atoms with Gasteiger partial charge in [0.05, 0.1) is 0 Å². The number of carboxylic acids is 1. The summed E-state index contributed by atoms with van der Waals surface area (Å²) in [4.78, 5) is 11.1. The summed E-state index contributed by atoms with van der Waals surface area (Å²) in [5.74, 6) is -2.52. The Balaban J connectivity index is 2.67. The van der Waals surface area contributed by atoms with Crippen LogP contribution in [0.25, 0.3) is 11.3 Å². The van der Waals surface area contributed by atoms with E-state index in [0.717, 1.165) is 12.1 Å². The van der Waals surface area contributed by atoms with Gasteiger partial charge >= 0.3 is 5.97 Å². The van der Waals surface area contributed by atoms with Crippen LogP contribution in [0.3, 0.4) is 0 Å². The molecule has 0 amide bonds. The molecule has 0 saturated carbocycles. The van der Waals surface area contributed by atoms with Crippen LogP contribution >= 0.6 is 0 Å². The highest BCUT2D eigenvalue weighted by atomic mass is 19.1. The Morgan fingerprint density at radius 3 is 2.63 bits per heavy atom. The lowest BCUT2D eigenvalue weighted by Crippen LogP contribution is -1.99. The molecule has 6 heteroatoms. The second-order valence-electron chi connectivity index (χ2n) is 4.13. The number of aryl methyl sites for hydroxylation is 2. The molecule has 100 valence electrons. The Morgan fingerprint density at radius 2 is 2.05 bits per heavy atom. The fourth-order valence-corrected chi connectivity index (χ4v) is 1.77. The van der Waals surface area contributed by atoms with Crippen LogP contribution in [0.5, 0.6) is 0 Å². The molecule has 0 atom stereocenters. The van der Waals surface area contributed by atoms with Crippen molar-refractivity contribution in [1.82, 2.24) is 9.78 Å². The number of carboxylic acid groups (broad SMARTS) is 1. The normalized spacial score (nSPS) is 10.7. The van der Waals surface area contributed by atoms with E-state index in [1.807, 2.05) is 0 Å². The summed E-state index contributed by atoms with van der Waals surface area (Å²) >= 11 is 0. The third kappa shape index (κ3) is 2.33. The largest absolute Gasteiger partial charge is 0.478 e. The fourth-order valence-electron chi connectivity index (χ4n) is 1.77. The van der Waals surface area contributed by atoms with Crippen LogP contribution in [-0.4, -0.2) is 20.9 Å². The number of hydrogen-bond donors (Lipinski definition) is 1. The first kappa shape index (κ1) is 13.2. The molecule has 4 nitrogen and oxygen atoms in total. The smallest absolute Gasteiger partial charge is 0.339 e. The highest BCUT2D eigenvalue weighted by Crippen LogP contribution is 2.27. The Hall–Kier alpha value is -2.24. The van der Waals surface area contributed by atoms with E-state index in [1.165, 1.54) is 17.8 Å². The monoisotopic (exact) mass is 266 g/mol. The van der Waals surface area contributed by atoms with Gasteiger partial charge in [0.1, 0.15) is 22.9 Å². The van der Waals surface area contributed by atoms with Crippen LogP contribution in [0.4, 0.5) is 8.78 Å². The van der Waals surface area contributed by atoms with E-state index in [9.17, 15) is 13.6 Å². The van der Waals surface area contributed by atoms with Gasteiger partial charge in [-0.1, -0.05) is 0 Å². The standard InChI is InChI=1S/C13H12F2N2O2/c1-3-17-6-9(13(18)19)12(16-17)8-5-10(14)7(2)4-11(8)15/h4-6H,3H2,1-2H3,(H,18,19). The first-order chi connectivity index (χ1) is 8.93. The number of carbonyl (C=O) groups is 1. The number of rotatable bonds is 3. The topological polar surface area (TPSA) is 55.1 Å². The third-order valence-corrected chi connectivity index (χ3v) is 2.82. The van der Waals surface area contributed by atoms with Crippen molar-refractivity contribution in [3.63, 3.8) is 0 Å². The maximum atomic E-state index is 13.9. The van der Waals surface area contributed by atoms with Gasteiger partial charge in [-0.2, -0.15) is 5.10 Å². The molecule has 0 radical (unpaired) electrons. The molecule has 0 fully saturated rings. The zero-order valence-electron chi connectivity index (χ0n) is 10.4. The quantitative estimate of drug-likeness (QED) is 0.929. The highest BCUT2D eigenvalue weighted by Gasteiger charge is 2.20. The number of aromatic carboxylic acids is 1. The third-order valence-electron chi connectivity index (χ3n) is 2.82. The number of aromatic nitrogens is 2. The van der Waals surface area contributed by atoms with Crippen molar-refractivity contribution in [2.75, 3.05) is 0 Å². The molecule has 0 aliphatic heterocycles. The van der Waals surface area contributed by atoms with E-state index >= 15 is 0 Å². The van der Waals surface area contributed by atoms with E-state index in [-0.39, 0.29) is 22.4 Å². The van der Waals surface area contributed by atoms with Crippen LogP contribution < -0.4 is 0 Å². The van der Waals surface area contributed by atoms with E-state index in [1.54, 1.807) is 6.92 Å². The number of halogens is 2. The summed E-state index contributed by atoms with van der Waals surface area (Å²) in [5, 5.41) is 13.1. The van der Waals surface area contributed by atoms with Crippen molar-refractivity contribution in [2.45, 2.75) is 20.4 Å². The van der Waals surface area contributed by atoms with Crippen molar-refractivity contribution >= 4 is 5.97 Å². The van der Waals surface area contributed by atoms with Gasteiger partial charge in [0, 0.05) is 18.3 Å². The lowest BCUT2D eigenvalue weighted by molar-refractivity contribution is 0.0697. The minimum absolute atomic E-state index is 0.0641. The van der Waals surface area contributed by atoms with Gasteiger partial charge in [0.15, 0.2) is 0 Å². The van der Waals surface area contributed by atoms with Gasteiger partial charge in [-0.3, -0.25) is 4.68 Å². The molecule has 1 aromatic heterocycles. The lowest BCUT2D eigenvalue weighted by atomic mass is 10.1. The van der Waals surface area contributed by atoms with E-state index < -0.39 is 17.6 Å². The predicted octanol–water partition coefficient (Wildman–Crippen LogP) is 2.85. The lowest BCUT2D eigenvalue weighted by Gasteiger charge is -2.04. The molecular formula is C13H12F2N2O2. The van der Waals surface area contributed by atoms with Gasteiger partial charge in [-0.25, -0.2) is 13.6 Å². The van der Waals surface area contributed by atoms with Gasteiger partial charge in [-0.05, 0) is 31.5 Å². The molecule has 0 spiro atoms. The first-order valence-corrected chi connectivity index (χ1v) is 5.70. The van der Waals surface area contributed by atoms with Gasteiger partial charge in [0.2, 0.25) is 0 Å². The maximum Gasteiger partial charge on any atom is 0.339 e. The number of nitrogens with zero attached hydrogens (tertiary/aromatic N) is 2. The molecule has 0 bridgehead atoms. The Morgan fingerprint density at radius 1 is 1.37 bits per heavy atom. The fraction of sp³-hybridized carbons (Fsp3) is 0.231. The molecule has 1 N–H and O–H groups in total. The van der Waals surface area contributed by atoms with E-state index in [2.05, 4.69) is 5.10 Å². The van der Waals surface area contributed by atoms with E-state index in [4.69, 9.17) is 5.11 Å².